The zero-order valence-corrected chi connectivity index (χ0v) is 8.96. The van der Waals surface area contributed by atoms with Gasteiger partial charge in [0, 0.05) is 0 Å². The maximum absolute atomic E-state index is 5.58. The Morgan fingerprint density at radius 2 is 2.00 bits per heavy atom. The molecule has 0 amide bonds. The molecular formula is C10H18BO2. The van der Waals surface area contributed by atoms with E-state index in [1.807, 2.05) is 0 Å². The Labute approximate surface area is 81.3 Å². The smallest absolute Gasteiger partial charge is 0.410 e. The molecular weight excluding hydrogens is 163 g/mol. The predicted molar refractivity (Wildman–Crippen MR) is 52.2 cm³/mol. The van der Waals surface area contributed by atoms with Gasteiger partial charge in [-0.3, -0.25) is 0 Å². The van der Waals surface area contributed by atoms with Crippen LogP contribution >= 0.6 is 0 Å². The Hall–Kier alpha value is -0.0151. The van der Waals surface area contributed by atoms with Crippen molar-refractivity contribution in [3.8, 4) is 0 Å². The van der Waals surface area contributed by atoms with Crippen LogP contribution in [0.5, 0.6) is 0 Å². The van der Waals surface area contributed by atoms with Crippen molar-refractivity contribution in [1.29, 1.82) is 0 Å². The summed E-state index contributed by atoms with van der Waals surface area (Å²) in [6.45, 7) is 9.86. The minimum absolute atomic E-state index is 0.0734. The van der Waals surface area contributed by atoms with E-state index in [1.54, 1.807) is 0 Å². The van der Waals surface area contributed by atoms with Gasteiger partial charge in [0.15, 0.2) is 0 Å². The third kappa shape index (κ3) is 1.24. The Morgan fingerprint density at radius 3 is 2.38 bits per heavy atom. The van der Waals surface area contributed by atoms with Crippen molar-refractivity contribution in [2.24, 2.45) is 17.3 Å². The monoisotopic (exact) mass is 181 g/mol. The lowest BCUT2D eigenvalue weighted by Gasteiger charge is -2.56. The largest absolute Gasteiger partial charge is 0.488 e. The first-order valence-electron chi connectivity index (χ1n) is 5.08. The fourth-order valence-electron chi connectivity index (χ4n) is 2.74. The van der Waals surface area contributed by atoms with Crippen molar-refractivity contribution in [1.82, 2.24) is 0 Å². The second kappa shape index (κ2) is 2.74. The number of rotatable bonds is 1. The molecule has 0 N–H and O–H groups in total. The van der Waals surface area contributed by atoms with Crippen molar-refractivity contribution < 1.29 is 9.31 Å². The molecule has 13 heavy (non-hydrogen) atoms. The van der Waals surface area contributed by atoms with Crippen LogP contribution in [0.4, 0.5) is 0 Å². The molecule has 1 radical (unpaired) electrons. The predicted octanol–water partition coefficient (Wildman–Crippen LogP) is 2.01. The Morgan fingerprint density at radius 1 is 1.31 bits per heavy atom. The van der Waals surface area contributed by atoms with Crippen molar-refractivity contribution in [3.05, 3.63) is 0 Å². The van der Waals surface area contributed by atoms with E-state index in [1.165, 1.54) is 14.1 Å². The summed E-state index contributed by atoms with van der Waals surface area (Å²) in [6.07, 6.45) is 1.26. The van der Waals surface area contributed by atoms with Crippen molar-refractivity contribution in [2.45, 2.75) is 39.7 Å². The topological polar surface area (TPSA) is 18.5 Å². The summed E-state index contributed by atoms with van der Waals surface area (Å²) in [4.78, 5) is 0. The molecule has 1 saturated heterocycles. The molecule has 3 atom stereocenters. The highest BCUT2D eigenvalue weighted by molar-refractivity contribution is 6.19. The van der Waals surface area contributed by atoms with E-state index in [9.17, 15) is 0 Å². The highest BCUT2D eigenvalue weighted by Crippen LogP contribution is 2.56. The fraction of sp³-hybridized carbons (Fsp3) is 1.00. The van der Waals surface area contributed by atoms with E-state index in [-0.39, 0.29) is 5.60 Å². The van der Waals surface area contributed by atoms with Crippen molar-refractivity contribution in [2.75, 3.05) is 6.61 Å². The van der Waals surface area contributed by atoms with Crippen LogP contribution in [0.25, 0.3) is 0 Å². The second-order valence-electron chi connectivity index (χ2n) is 5.35. The van der Waals surface area contributed by atoms with Crippen LogP contribution in [0, 0.1) is 17.3 Å². The fourth-order valence-corrected chi connectivity index (χ4v) is 2.74. The van der Waals surface area contributed by atoms with Gasteiger partial charge in [-0.2, -0.15) is 0 Å². The minimum atomic E-state index is -0.0734. The second-order valence-corrected chi connectivity index (χ2v) is 5.35. The SMILES string of the molecule is CC1CC(C2(C)CO[B]O2)C1(C)C. The first kappa shape index (κ1) is 9.54. The van der Waals surface area contributed by atoms with Crippen LogP contribution in [-0.2, 0) is 9.31 Å². The zero-order valence-electron chi connectivity index (χ0n) is 8.96. The standard InChI is InChI=1S/C10H18BO2/c1-7-5-8(9(7,2)3)10(4)6-12-11-13-10/h7-8H,5-6H2,1-4H3. The molecule has 3 unspecified atom stereocenters. The van der Waals surface area contributed by atoms with Gasteiger partial charge in [-0.05, 0) is 30.6 Å². The lowest BCUT2D eigenvalue weighted by Crippen LogP contribution is -2.55. The highest BCUT2D eigenvalue weighted by Gasteiger charge is 2.55. The van der Waals surface area contributed by atoms with Crippen molar-refractivity contribution >= 4 is 7.69 Å². The molecule has 0 aromatic heterocycles. The van der Waals surface area contributed by atoms with E-state index in [2.05, 4.69) is 27.7 Å². The molecule has 2 rings (SSSR count). The zero-order chi connectivity index (χ0) is 9.69. The van der Waals surface area contributed by atoms with Crippen LogP contribution in [-0.4, -0.2) is 19.9 Å². The average Bonchev–Trinajstić information content (AvgIpc) is 2.48. The highest BCUT2D eigenvalue weighted by atomic mass is 16.6. The van der Waals surface area contributed by atoms with Gasteiger partial charge in [-0.25, -0.2) is 0 Å². The normalized spacial score (nSPS) is 48.3. The maximum atomic E-state index is 5.58. The van der Waals surface area contributed by atoms with E-state index in [0.29, 0.717) is 17.9 Å². The third-order valence-electron chi connectivity index (χ3n) is 4.25. The Balaban J connectivity index is 2.10. The van der Waals surface area contributed by atoms with Gasteiger partial charge >= 0.3 is 7.69 Å². The van der Waals surface area contributed by atoms with Gasteiger partial charge in [0.05, 0.1) is 12.2 Å². The van der Waals surface area contributed by atoms with E-state index in [0.717, 1.165) is 5.92 Å². The molecule has 2 nitrogen and oxygen atoms in total. The van der Waals surface area contributed by atoms with Crippen molar-refractivity contribution in [3.63, 3.8) is 0 Å². The summed E-state index contributed by atoms with van der Waals surface area (Å²) < 4.78 is 10.8. The molecule has 1 heterocycles. The molecule has 73 valence electrons. The van der Waals surface area contributed by atoms with E-state index < -0.39 is 0 Å². The van der Waals surface area contributed by atoms with Crippen LogP contribution in [0.2, 0.25) is 0 Å². The average molecular weight is 181 g/mol. The molecule has 0 bridgehead atoms. The summed E-state index contributed by atoms with van der Waals surface area (Å²) in [5.74, 6) is 1.44. The molecule has 0 aromatic carbocycles. The van der Waals surface area contributed by atoms with Crippen LogP contribution < -0.4 is 0 Å². The van der Waals surface area contributed by atoms with E-state index in [4.69, 9.17) is 9.31 Å². The van der Waals surface area contributed by atoms with Gasteiger partial charge < -0.3 is 9.31 Å². The first-order chi connectivity index (χ1) is 5.97. The molecule has 1 aliphatic carbocycles. The quantitative estimate of drug-likeness (QED) is 0.576. The lowest BCUT2D eigenvalue weighted by atomic mass is 9.51. The minimum Gasteiger partial charge on any atom is -0.410 e. The molecule has 2 fully saturated rings. The summed E-state index contributed by atoms with van der Waals surface area (Å²) in [6, 6.07) is 0. The summed E-state index contributed by atoms with van der Waals surface area (Å²) in [7, 11) is 1.50. The number of hydrogen-bond acceptors (Lipinski definition) is 2. The summed E-state index contributed by atoms with van der Waals surface area (Å²) in [5.41, 5.74) is 0.326. The van der Waals surface area contributed by atoms with Gasteiger partial charge in [0.25, 0.3) is 0 Å². The Kier molecular flexibility index (Phi) is 2.01. The number of hydrogen-bond donors (Lipinski definition) is 0. The summed E-state index contributed by atoms with van der Waals surface area (Å²) >= 11 is 0. The first-order valence-corrected chi connectivity index (χ1v) is 5.08. The Bertz CT molecular complexity index is 209. The molecule has 0 spiro atoms. The maximum Gasteiger partial charge on any atom is 0.488 e. The molecule has 0 aromatic rings. The van der Waals surface area contributed by atoms with Crippen LogP contribution in [0.15, 0.2) is 0 Å². The molecule has 1 saturated carbocycles. The van der Waals surface area contributed by atoms with Gasteiger partial charge in [-0.15, -0.1) is 0 Å². The molecule has 2 aliphatic rings. The van der Waals surface area contributed by atoms with Gasteiger partial charge in [0.1, 0.15) is 0 Å². The third-order valence-corrected chi connectivity index (χ3v) is 4.25. The van der Waals surface area contributed by atoms with Gasteiger partial charge in [-0.1, -0.05) is 20.8 Å². The van der Waals surface area contributed by atoms with Crippen LogP contribution in [0.3, 0.4) is 0 Å². The van der Waals surface area contributed by atoms with Gasteiger partial charge in [0.2, 0.25) is 0 Å². The summed E-state index contributed by atoms with van der Waals surface area (Å²) in [5, 5.41) is 0. The van der Waals surface area contributed by atoms with E-state index >= 15 is 0 Å². The molecule has 3 heteroatoms. The van der Waals surface area contributed by atoms with Crippen LogP contribution in [0.1, 0.15) is 34.1 Å². The molecule has 1 aliphatic heterocycles. The lowest BCUT2D eigenvalue weighted by molar-refractivity contribution is -0.120.